The van der Waals surface area contributed by atoms with Gasteiger partial charge in [-0.3, -0.25) is 0 Å². The summed E-state index contributed by atoms with van der Waals surface area (Å²) in [5, 5.41) is 10.5. The summed E-state index contributed by atoms with van der Waals surface area (Å²) in [6, 6.07) is 12.4. The van der Waals surface area contributed by atoms with Crippen LogP contribution in [0.1, 0.15) is 28.4 Å². The number of hydrogen-bond acceptors (Lipinski definition) is 3. The van der Waals surface area contributed by atoms with Crippen LogP contribution in [0.5, 0.6) is 5.75 Å². The molecule has 1 atom stereocenters. The van der Waals surface area contributed by atoms with Crippen LogP contribution < -0.4 is 4.74 Å². The molecule has 0 radical (unpaired) electrons. The van der Waals surface area contributed by atoms with E-state index in [-0.39, 0.29) is 0 Å². The molecule has 0 amide bonds. The minimum Gasteiger partial charge on any atom is -0.496 e. The summed E-state index contributed by atoms with van der Waals surface area (Å²) in [6.07, 6.45) is -0.535. The van der Waals surface area contributed by atoms with E-state index in [1.807, 2.05) is 19.9 Å². The van der Waals surface area contributed by atoms with Crippen LogP contribution >= 0.6 is 11.8 Å². The molecule has 2 aromatic carbocycles. The molecule has 21 heavy (non-hydrogen) atoms. The van der Waals surface area contributed by atoms with Gasteiger partial charge in [0.25, 0.3) is 0 Å². The predicted octanol–water partition coefficient (Wildman–Crippen LogP) is 4.45. The number of ether oxygens (including phenoxy) is 1. The number of benzene rings is 2. The van der Waals surface area contributed by atoms with Crippen LogP contribution in [-0.4, -0.2) is 18.0 Å². The second-order valence-electron chi connectivity index (χ2n) is 5.34. The first-order valence-electron chi connectivity index (χ1n) is 7.04. The highest BCUT2D eigenvalue weighted by Gasteiger charge is 2.17. The van der Waals surface area contributed by atoms with Gasteiger partial charge in [0, 0.05) is 16.2 Å². The van der Waals surface area contributed by atoms with Crippen molar-refractivity contribution in [3.63, 3.8) is 0 Å². The number of aliphatic hydroxyl groups is 1. The molecule has 1 N–H and O–H groups in total. The topological polar surface area (TPSA) is 29.5 Å². The Hall–Kier alpha value is -1.45. The molecular weight excluding hydrogens is 280 g/mol. The summed E-state index contributed by atoms with van der Waals surface area (Å²) in [4.78, 5) is 1.17. The Morgan fingerprint density at radius 3 is 2.33 bits per heavy atom. The molecule has 0 aromatic heterocycles. The highest BCUT2D eigenvalue weighted by atomic mass is 32.2. The first-order chi connectivity index (χ1) is 10.0. The largest absolute Gasteiger partial charge is 0.496 e. The lowest BCUT2D eigenvalue weighted by atomic mass is 10.0. The summed E-state index contributed by atoms with van der Waals surface area (Å²) in [7, 11) is 1.65. The third-order valence-corrected chi connectivity index (χ3v) is 4.56. The summed E-state index contributed by atoms with van der Waals surface area (Å²) < 4.78 is 5.43. The standard InChI is InChI=1S/C18H22O2S/c1-12-5-7-15(8-6-12)21-11-16(19)18-14(3)9-13(2)10-17(18)20-4/h5-10,16,19H,11H2,1-4H3. The van der Waals surface area contributed by atoms with E-state index in [9.17, 15) is 5.11 Å². The second-order valence-corrected chi connectivity index (χ2v) is 6.43. The summed E-state index contributed by atoms with van der Waals surface area (Å²) in [5.41, 5.74) is 4.36. The van der Waals surface area contributed by atoms with Gasteiger partial charge in [-0.2, -0.15) is 0 Å². The van der Waals surface area contributed by atoms with Crippen LogP contribution in [0.2, 0.25) is 0 Å². The Balaban J connectivity index is 2.13. The predicted molar refractivity (Wildman–Crippen MR) is 89.3 cm³/mol. The highest BCUT2D eigenvalue weighted by molar-refractivity contribution is 7.99. The van der Waals surface area contributed by atoms with Crippen LogP contribution in [0.25, 0.3) is 0 Å². The maximum Gasteiger partial charge on any atom is 0.125 e. The molecule has 0 saturated heterocycles. The molecule has 2 rings (SSSR count). The first kappa shape index (κ1) is 15.9. The van der Waals surface area contributed by atoms with Gasteiger partial charge in [-0.05, 0) is 50.1 Å². The van der Waals surface area contributed by atoms with Crippen molar-refractivity contribution in [2.24, 2.45) is 0 Å². The summed E-state index contributed by atoms with van der Waals surface area (Å²) in [5.74, 6) is 1.38. The van der Waals surface area contributed by atoms with Crippen molar-refractivity contribution in [2.75, 3.05) is 12.9 Å². The van der Waals surface area contributed by atoms with Gasteiger partial charge in [-0.15, -0.1) is 11.8 Å². The molecule has 0 aliphatic rings. The van der Waals surface area contributed by atoms with E-state index in [1.165, 1.54) is 10.5 Å². The third-order valence-electron chi connectivity index (χ3n) is 3.48. The molecule has 1 unspecified atom stereocenters. The number of hydrogen-bond donors (Lipinski definition) is 1. The number of thioether (sulfide) groups is 1. The number of methoxy groups -OCH3 is 1. The molecule has 2 aromatic rings. The molecule has 0 aliphatic heterocycles. The zero-order valence-electron chi connectivity index (χ0n) is 13.0. The average molecular weight is 302 g/mol. The molecule has 0 spiro atoms. The Labute approximate surface area is 131 Å². The van der Waals surface area contributed by atoms with Gasteiger partial charge in [0.05, 0.1) is 13.2 Å². The van der Waals surface area contributed by atoms with Gasteiger partial charge in [-0.1, -0.05) is 23.8 Å². The lowest BCUT2D eigenvalue weighted by Gasteiger charge is -2.18. The molecule has 3 heteroatoms. The van der Waals surface area contributed by atoms with Crippen LogP contribution in [0, 0.1) is 20.8 Å². The lowest BCUT2D eigenvalue weighted by molar-refractivity contribution is 0.198. The second kappa shape index (κ2) is 7.01. The molecule has 0 fully saturated rings. The Morgan fingerprint density at radius 2 is 1.71 bits per heavy atom. The van der Waals surface area contributed by atoms with Crippen molar-refractivity contribution in [3.8, 4) is 5.75 Å². The van der Waals surface area contributed by atoms with Gasteiger partial charge in [-0.25, -0.2) is 0 Å². The Morgan fingerprint density at radius 1 is 1.05 bits per heavy atom. The van der Waals surface area contributed by atoms with Crippen molar-refractivity contribution in [1.82, 2.24) is 0 Å². The molecule has 0 bridgehead atoms. The number of rotatable bonds is 5. The van der Waals surface area contributed by atoms with E-state index >= 15 is 0 Å². The van der Waals surface area contributed by atoms with Gasteiger partial charge < -0.3 is 9.84 Å². The van der Waals surface area contributed by atoms with Crippen LogP contribution in [-0.2, 0) is 0 Å². The van der Waals surface area contributed by atoms with E-state index in [0.29, 0.717) is 5.75 Å². The van der Waals surface area contributed by atoms with E-state index in [4.69, 9.17) is 4.74 Å². The van der Waals surface area contributed by atoms with Gasteiger partial charge >= 0.3 is 0 Å². The van der Waals surface area contributed by atoms with Crippen molar-refractivity contribution in [2.45, 2.75) is 31.8 Å². The molecule has 2 nitrogen and oxygen atoms in total. The quantitative estimate of drug-likeness (QED) is 0.828. The zero-order valence-corrected chi connectivity index (χ0v) is 13.8. The smallest absolute Gasteiger partial charge is 0.125 e. The molecule has 0 heterocycles. The highest BCUT2D eigenvalue weighted by Crippen LogP contribution is 2.33. The molecule has 0 aliphatic carbocycles. The minimum absolute atomic E-state index is 0.535. The third kappa shape index (κ3) is 4.02. The van der Waals surface area contributed by atoms with Crippen molar-refractivity contribution in [3.05, 3.63) is 58.7 Å². The summed E-state index contributed by atoms with van der Waals surface area (Å²) in [6.45, 7) is 6.13. The lowest BCUT2D eigenvalue weighted by Crippen LogP contribution is -2.06. The Kier molecular flexibility index (Phi) is 5.32. The fraction of sp³-hybridized carbons (Fsp3) is 0.333. The summed E-state index contributed by atoms with van der Waals surface area (Å²) >= 11 is 1.66. The maximum absolute atomic E-state index is 10.5. The number of aryl methyl sites for hydroxylation is 3. The zero-order chi connectivity index (χ0) is 15.4. The number of aliphatic hydroxyl groups excluding tert-OH is 1. The van der Waals surface area contributed by atoms with Crippen molar-refractivity contribution in [1.29, 1.82) is 0 Å². The van der Waals surface area contributed by atoms with E-state index in [2.05, 4.69) is 37.3 Å². The van der Waals surface area contributed by atoms with E-state index in [0.717, 1.165) is 22.4 Å². The Bertz CT molecular complexity index is 605. The van der Waals surface area contributed by atoms with E-state index < -0.39 is 6.10 Å². The molecule has 0 saturated carbocycles. The van der Waals surface area contributed by atoms with Crippen LogP contribution in [0.15, 0.2) is 41.3 Å². The molecular formula is C18H22O2S. The minimum atomic E-state index is -0.535. The van der Waals surface area contributed by atoms with Crippen molar-refractivity contribution >= 4 is 11.8 Å². The average Bonchev–Trinajstić information content (AvgIpc) is 2.45. The van der Waals surface area contributed by atoms with Gasteiger partial charge in [0.2, 0.25) is 0 Å². The first-order valence-corrected chi connectivity index (χ1v) is 8.02. The normalized spacial score (nSPS) is 12.2. The fourth-order valence-electron chi connectivity index (χ4n) is 2.43. The molecule has 112 valence electrons. The van der Waals surface area contributed by atoms with Gasteiger partial charge in [0.1, 0.15) is 5.75 Å². The van der Waals surface area contributed by atoms with Crippen LogP contribution in [0.3, 0.4) is 0 Å². The van der Waals surface area contributed by atoms with Crippen molar-refractivity contribution < 1.29 is 9.84 Å². The maximum atomic E-state index is 10.5. The fourth-order valence-corrected chi connectivity index (χ4v) is 3.27. The van der Waals surface area contributed by atoms with E-state index in [1.54, 1.807) is 18.9 Å². The van der Waals surface area contributed by atoms with Gasteiger partial charge in [0.15, 0.2) is 0 Å². The van der Waals surface area contributed by atoms with Crippen LogP contribution in [0.4, 0.5) is 0 Å². The monoisotopic (exact) mass is 302 g/mol. The SMILES string of the molecule is COc1cc(C)cc(C)c1C(O)CSc1ccc(C)cc1.